The highest BCUT2D eigenvalue weighted by Crippen LogP contribution is 2.29. The Morgan fingerprint density at radius 3 is 2.29 bits per heavy atom. The van der Waals surface area contributed by atoms with Crippen molar-refractivity contribution < 1.29 is 9.47 Å². The van der Waals surface area contributed by atoms with Gasteiger partial charge in [0.1, 0.15) is 11.5 Å². The Labute approximate surface area is 85.2 Å². The van der Waals surface area contributed by atoms with Gasteiger partial charge in [-0.1, -0.05) is 6.08 Å². The van der Waals surface area contributed by atoms with Crippen molar-refractivity contribution in [3.8, 4) is 11.5 Å². The van der Waals surface area contributed by atoms with Crippen LogP contribution >= 0.6 is 0 Å². The maximum atomic E-state index is 5.27. The van der Waals surface area contributed by atoms with Gasteiger partial charge in [-0.15, -0.1) is 6.58 Å². The van der Waals surface area contributed by atoms with E-state index in [1.165, 1.54) is 0 Å². The van der Waals surface area contributed by atoms with Crippen LogP contribution in [0.5, 0.6) is 11.5 Å². The highest BCUT2D eigenvalue weighted by Gasteiger charge is 2.09. The van der Waals surface area contributed by atoms with Gasteiger partial charge in [0.2, 0.25) is 0 Å². The van der Waals surface area contributed by atoms with Crippen LogP contribution in [-0.4, -0.2) is 14.2 Å². The molecule has 0 radical (unpaired) electrons. The molecule has 76 valence electrons. The monoisotopic (exact) mass is 192 g/mol. The Hall–Kier alpha value is -1.44. The molecule has 1 aromatic carbocycles. The summed E-state index contributed by atoms with van der Waals surface area (Å²) in [4.78, 5) is 0. The van der Waals surface area contributed by atoms with Gasteiger partial charge in [0.25, 0.3) is 0 Å². The molecule has 14 heavy (non-hydrogen) atoms. The fraction of sp³-hybridized carbons (Fsp3) is 0.333. The zero-order valence-electron chi connectivity index (χ0n) is 8.96. The number of ether oxygens (including phenoxy) is 2. The van der Waals surface area contributed by atoms with Crippen molar-refractivity contribution in [1.29, 1.82) is 0 Å². The van der Waals surface area contributed by atoms with E-state index in [0.717, 1.165) is 29.0 Å². The second-order valence-electron chi connectivity index (χ2n) is 3.07. The number of allylic oxidation sites excluding steroid dienone is 1. The molecule has 0 atom stereocenters. The maximum Gasteiger partial charge on any atom is 0.122 e. The third-order valence-electron chi connectivity index (χ3n) is 2.29. The summed E-state index contributed by atoms with van der Waals surface area (Å²) in [6.07, 6.45) is 2.66. The van der Waals surface area contributed by atoms with Gasteiger partial charge in [-0.05, 0) is 31.0 Å². The fourth-order valence-corrected chi connectivity index (χ4v) is 1.52. The highest BCUT2D eigenvalue weighted by molar-refractivity contribution is 5.48. The first kappa shape index (κ1) is 10.6. The van der Waals surface area contributed by atoms with Gasteiger partial charge in [0.05, 0.1) is 14.2 Å². The lowest BCUT2D eigenvalue weighted by atomic mass is 10.0. The lowest BCUT2D eigenvalue weighted by Gasteiger charge is -2.13. The van der Waals surface area contributed by atoms with E-state index in [-0.39, 0.29) is 0 Å². The summed E-state index contributed by atoms with van der Waals surface area (Å²) in [5, 5.41) is 0. The SMILES string of the molecule is C=CCc1c(OC)ccc(OC)c1C. The van der Waals surface area contributed by atoms with Crippen molar-refractivity contribution >= 4 is 0 Å². The van der Waals surface area contributed by atoms with Crippen molar-refractivity contribution in [1.82, 2.24) is 0 Å². The van der Waals surface area contributed by atoms with Crippen LogP contribution in [-0.2, 0) is 6.42 Å². The molecule has 0 bridgehead atoms. The molecule has 0 aliphatic heterocycles. The Bertz CT molecular complexity index is 329. The zero-order chi connectivity index (χ0) is 10.6. The predicted molar refractivity (Wildman–Crippen MR) is 58.2 cm³/mol. The second-order valence-corrected chi connectivity index (χ2v) is 3.07. The predicted octanol–water partition coefficient (Wildman–Crippen LogP) is 2.74. The Morgan fingerprint density at radius 1 is 1.21 bits per heavy atom. The van der Waals surface area contributed by atoms with Crippen molar-refractivity contribution in [3.63, 3.8) is 0 Å². The molecule has 0 heterocycles. The average Bonchev–Trinajstić information content (AvgIpc) is 2.21. The molecule has 0 unspecified atom stereocenters. The molecule has 1 aromatic rings. The molecule has 0 aliphatic carbocycles. The lowest BCUT2D eigenvalue weighted by Crippen LogP contribution is -1.97. The fourth-order valence-electron chi connectivity index (χ4n) is 1.52. The van der Waals surface area contributed by atoms with Gasteiger partial charge in [0.15, 0.2) is 0 Å². The first-order valence-corrected chi connectivity index (χ1v) is 4.56. The molecule has 0 spiro atoms. The van der Waals surface area contributed by atoms with E-state index in [4.69, 9.17) is 9.47 Å². The minimum Gasteiger partial charge on any atom is -0.496 e. The van der Waals surface area contributed by atoms with E-state index in [2.05, 4.69) is 6.58 Å². The van der Waals surface area contributed by atoms with Crippen LogP contribution < -0.4 is 9.47 Å². The van der Waals surface area contributed by atoms with Crippen molar-refractivity contribution in [2.45, 2.75) is 13.3 Å². The van der Waals surface area contributed by atoms with Gasteiger partial charge < -0.3 is 9.47 Å². The Morgan fingerprint density at radius 2 is 1.79 bits per heavy atom. The van der Waals surface area contributed by atoms with Crippen LogP contribution in [0.1, 0.15) is 11.1 Å². The van der Waals surface area contributed by atoms with Crippen molar-refractivity contribution in [2.75, 3.05) is 14.2 Å². The van der Waals surface area contributed by atoms with Crippen LogP contribution in [0.3, 0.4) is 0 Å². The van der Waals surface area contributed by atoms with E-state index in [9.17, 15) is 0 Å². The minimum absolute atomic E-state index is 0.798. The third kappa shape index (κ3) is 1.90. The first-order chi connectivity index (χ1) is 6.74. The number of hydrogen-bond donors (Lipinski definition) is 0. The average molecular weight is 192 g/mol. The van der Waals surface area contributed by atoms with E-state index < -0.39 is 0 Å². The second kappa shape index (κ2) is 4.70. The van der Waals surface area contributed by atoms with Crippen molar-refractivity contribution in [2.24, 2.45) is 0 Å². The van der Waals surface area contributed by atoms with E-state index in [0.29, 0.717) is 0 Å². The molecule has 0 N–H and O–H groups in total. The lowest BCUT2D eigenvalue weighted by molar-refractivity contribution is 0.397. The van der Waals surface area contributed by atoms with Crippen LogP contribution in [0.15, 0.2) is 24.8 Å². The molecule has 2 nitrogen and oxygen atoms in total. The number of methoxy groups -OCH3 is 2. The van der Waals surface area contributed by atoms with Gasteiger partial charge in [-0.3, -0.25) is 0 Å². The summed E-state index contributed by atoms with van der Waals surface area (Å²) in [5.74, 6) is 1.78. The summed E-state index contributed by atoms with van der Waals surface area (Å²) in [6.45, 7) is 5.76. The normalized spacial score (nSPS) is 9.64. The molecule has 0 saturated heterocycles. The molecule has 1 rings (SSSR count). The molecular weight excluding hydrogens is 176 g/mol. The number of benzene rings is 1. The van der Waals surface area contributed by atoms with E-state index >= 15 is 0 Å². The minimum atomic E-state index is 0.798. The van der Waals surface area contributed by atoms with Crippen LogP contribution in [0.25, 0.3) is 0 Å². The number of hydrogen-bond acceptors (Lipinski definition) is 2. The zero-order valence-corrected chi connectivity index (χ0v) is 8.96. The van der Waals surface area contributed by atoms with Crippen LogP contribution in [0.2, 0.25) is 0 Å². The molecule has 2 heteroatoms. The van der Waals surface area contributed by atoms with E-state index in [1.807, 2.05) is 25.1 Å². The topological polar surface area (TPSA) is 18.5 Å². The third-order valence-corrected chi connectivity index (χ3v) is 2.29. The summed E-state index contributed by atoms with van der Waals surface area (Å²) in [7, 11) is 3.35. The summed E-state index contributed by atoms with van der Waals surface area (Å²) in [5.41, 5.74) is 2.26. The van der Waals surface area contributed by atoms with Crippen LogP contribution in [0, 0.1) is 6.92 Å². The van der Waals surface area contributed by atoms with Crippen LogP contribution in [0.4, 0.5) is 0 Å². The molecule has 0 fully saturated rings. The first-order valence-electron chi connectivity index (χ1n) is 4.56. The highest BCUT2D eigenvalue weighted by atomic mass is 16.5. The van der Waals surface area contributed by atoms with Gasteiger partial charge in [0, 0.05) is 5.56 Å². The quantitative estimate of drug-likeness (QED) is 0.683. The number of rotatable bonds is 4. The van der Waals surface area contributed by atoms with Gasteiger partial charge in [-0.2, -0.15) is 0 Å². The molecular formula is C12H16O2. The smallest absolute Gasteiger partial charge is 0.122 e. The molecule has 0 amide bonds. The Balaban J connectivity index is 3.23. The van der Waals surface area contributed by atoms with E-state index in [1.54, 1.807) is 14.2 Å². The summed E-state index contributed by atoms with van der Waals surface area (Å²) < 4.78 is 10.5. The maximum absolute atomic E-state index is 5.27. The Kier molecular flexibility index (Phi) is 3.57. The van der Waals surface area contributed by atoms with Gasteiger partial charge in [-0.25, -0.2) is 0 Å². The largest absolute Gasteiger partial charge is 0.496 e. The molecule has 0 saturated carbocycles. The standard InChI is InChI=1S/C12H16O2/c1-5-6-10-9(2)11(13-3)7-8-12(10)14-4/h5,7-8H,1,6H2,2-4H3. The van der Waals surface area contributed by atoms with Crippen molar-refractivity contribution in [3.05, 3.63) is 35.9 Å². The molecule has 0 aliphatic rings. The summed E-state index contributed by atoms with van der Waals surface area (Å²) >= 11 is 0. The summed E-state index contributed by atoms with van der Waals surface area (Å²) in [6, 6.07) is 3.84. The van der Waals surface area contributed by atoms with Gasteiger partial charge >= 0.3 is 0 Å². The molecule has 0 aromatic heterocycles.